The van der Waals surface area contributed by atoms with Gasteiger partial charge in [0, 0.05) is 102 Å². The molecule has 0 unspecified atom stereocenters. The minimum Gasteiger partial charge on any atom is -0.507 e. The van der Waals surface area contributed by atoms with Crippen molar-refractivity contribution in [2.45, 2.75) is 193 Å². The highest BCUT2D eigenvalue weighted by molar-refractivity contribution is 6.14. The Hall–Kier alpha value is -14.6. The molecule has 139 heavy (non-hydrogen) atoms. The number of ketones is 1. The van der Waals surface area contributed by atoms with E-state index in [4.69, 9.17) is 62.8 Å². The standard InChI is InChI=1S/C21H28N4O3.C20H28N4O.C19H25N5O3.C19H26N4O.C15H18N4O.C10H8N4O/c1-4-27-13-17-24-19-20(25(17)3)18-15(23-21(19)22)10-8-11-16(18)28-12-7-5-6-9-14(2)26;1-13(2)8-10-24-12-15-18-16(22-20(21)19(15)23-24)6-5-7-17(18)25-11-9-14(3)4;1-4-26-11-15-23-17-18(24(15)3)16-13(22-19(17)20)7-5-8-14(16)27-10-6-9-21-12(2)25;1-4-5-10-23-12-14-17-15(21-19(20)18(14)22-23)7-6-8-16(17)24-11-9-13(2)3;1-9(2)6-7-19-8-10-13-11(4-3-5-12(13)20)17-15(16)14(10)18-19;11-10-9-8(12-4-13-9)7-5(14-10)2-1-3-6(7)15/h8,10-11H,4-7,9,12-13H2,1-3H3,(H2,22,23);5-7,12-14H,8-11H2,1-4H3,(H2,21,22);5,7-8H,4,6,9-11H2,1-3H3,(H2,20,22)(H,21,25);6-8,12-13H,4-5,9-11H2,1-3H3,(H2,20,21);3-5,8-9,20H,6-7H2,1-2H3,(H2,16,17);1-3,15H,4H2,(H2,11,14). The number of pyridine rings is 6. The van der Waals surface area contributed by atoms with Crippen molar-refractivity contribution in [1.82, 2.24) is 83.7 Å². The third-order valence-electron chi connectivity index (χ3n) is 23.6. The van der Waals surface area contributed by atoms with Gasteiger partial charge in [-0.25, -0.2) is 39.9 Å². The normalized spacial score (nSPS) is 11.8. The van der Waals surface area contributed by atoms with E-state index in [9.17, 15) is 19.8 Å². The van der Waals surface area contributed by atoms with Gasteiger partial charge in [-0.1, -0.05) is 105 Å². The SMILES string of the molecule is CC(C)CCOc1cccc2nc(N)c3nn(CCC(C)C)cc3c12.CC(C)CCn1cc2c(n1)c(N)nc1cccc(O)c12.CCCCn1cc2c(n1)c(N)nc1cccc(OCCC(C)C)c12.CCOCc1nc2c(N)nc3cccc(OCCCCCC(C)=O)c3c2n1C.CCOCc1nc2c(N)nc3cccc(OCCCNC(C)=O)c3c2n1C.Nc1nc2cccc(O)c2c2c1=NCN=2. The molecule has 1 aliphatic rings. The summed E-state index contributed by atoms with van der Waals surface area (Å²) >= 11 is 0. The Labute approximate surface area is 807 Å². The smallest absolute Gasteiger partial charge is 0.216 e. The van der Waals surface area contributed by atoms with Gasteiger partial charge in [-0.2, -0.15) is 15.3 Å². The van der Waals surface area contributed by atoms with Gasteiger partial charge in [-0.05, 0) is 175 Å². The Bertz CT molecular complexity index is 7330. The molecule has 0 radical (unpaired) electrons. The van der Waals surface area contributed by atoms with Crippen molar-refractivity contribution in [3.63, 3.8) is 0 Å². The van der Waals surface area contributed by atoms with Crippen molar-refractivity contribution in [3.05, 3.63) is 150 Å². The summed E-state index contributed by atoms with van der Waals surface area (Å²) in [5.41, 5.74) is 46.2. The number of aromatic hydroxyl groups is 2. The maximum atomic E-state index is 11.0. The lowest BCUT2D eigenvalue weighted by Crippen LogP contribution is -2.27. The monoisotopic (exact) mass is 1890 g/mol. The number of benzene rings is 6. The summed E-state index contributed by atoms with van der Waals surface area (Å²) in [7, 11) is 3.90. The van der Waals surface area contributed by atoms with Crippen molar-refractivity contribution in [3.8, 4) is 34.5 Å². The number of phenolic OH excluding ortho intramolecular Hbond substituents is 2. The number of rotatable bonds is 35. The largest absolute Gasteiger partial charge is 0.507 e. The Kier molecular flexibility index (Phi) is 34.7. The van der Waals surface area contributed by atoms with E-state index in [1.807, 2.05) is 136 Å². The quantitative estimate of drug-likeness (QED) is 0.0167. The first-order valence-corrected chi connectivity index (χ1v) is 48.0. The van der Waals surface area contributed by atoms with Crippen LogP contribution in [0.25, 0.3) is 120 Å². The highest BCUT2D eigenvalue weighted by atomic mass is 16.5. The summed E-state index contributed by atoms with van der Waals surface area (Å²) in [4.78, 5) is 66.1. The molecule has 6 aromatic carbocycles. The third-order valence-corrected chi connectivity index (χ3v) is 23.6. The molecule has 734 valence electrons. The second kappa shape index (κ2) is 47.4. The molecule has 0 fully saturated rings. The maximum absolute atomic E-state index is 11.0. The number of aromatic nitrogens is 16. The van der Waals surface area contributed by atoms with Crippen molar-refractivity contribution in [1.29, 1.82) is 0 Å². The number of fused-ring (bicyclic) bond motifs is 18. The molecule has 0 atom stereocenters. The number of unbranched alkanes of at least 4 members (excludes halogenated alkanes) is 3. The highest BCUT2D eigenvalue weighted by Crippen LogP contribution is 2.41. The molecule has 35 heteroatoms. The Morgan fingerprint density at radius 3 is 1.17 bits per heavy atom. The van der Waals surface area contributed by atoms with E-state index in [1.165, 1.54) is 6.92 Å². The number of phenols is 2. The number of imidazole rings is 2. The molecule has 0 spiro atoms. The summed E-state index contributed by atoms with van der Waals surface area (Å²) in [6, 6.07) is 33.8. The third kappa shape index (κ3) is 24.9. The molecule has 1 aliphatic heterocycles. The van der Waals surface area contributed by atoms with Crippen LogP contribution in [-0.2, 0) is 66.0 Å². The van der Waals surface area contributed by atoms with Crippen LogP contribution in [0, 0.1) is 23.7 Å². The molecule has 0 saturated heterocycles. The number of aryl methyl sites for hydroxylation is 5. The van der Waals surface area contributed by atoms with Crippen LogP contribution >= 0.6 is 0 Å². The summed E-state index contributed by atoms with van der Waals surface area (Å²) in [5, 5.41) is 45.6. The van der Waals surface area contributed by atoms with Gasteiger partial charge >= 0.3 is 0 Å². The molecule has 18 rings (SSSR count). The number of Topliss-reactive ketones (excluding diaryl/α,β-unsaturated/α-hetero) is 1. The number of anilines is 6. The number of hydrogen-bond donors (Lipinski definition) is 9. The van der Waals surface area contributed by atoms with Gasteiger partial charge in [0.1, 0.15) is 110 Å². The number of amides is 1. The average molecular weight is 1890 g/mol. The van der Waals surface area contributed by atoms with E-state index < -0.39 is 0 Å². The van der Waals surface area contributed by atoms with E-state index in [0.717, 1.165) is 194 Å². The molecule has 12 heterocycles. The van der Waals surface area contributed by atoms with Crippen LogP contribution in [-0.4, -0.2) is 153 Å². The second-order valence-corrected chi connectivity index (χ2v) is 36.2. The predicted octanol–water partition coefficient (Wildman–Crippen LogP) is 17.6. The van der Waals surface area contributed by atoms with E-state index in [1.54, 1.807) is 37.3 Å². The Morgan fingerprint density at radius 2 is 0.755 bits per heavy atom. The number of carbonyl (C=O) groups is 2. The van der Waals surface area contributed by atoms with Crippen LogP contribution in [0.15, 0.2) is 138 Å². The fourth-order valence-electron chi connectivity index (χ4n) is 16.2. The lowest BCUT2D eigenvalue weighted by Gasteiger charge is -2.12. The van der Waals surface area contributed by atoms with Crippen LogP contribution in [0.2, 0.25) is 0 Å². The van der Waals surface area contributed by atoms with Crippen molar-refractivity contribution in [2.24, 2.45) is 47.8 Å². The summed E-state index contributed by atoms with van der Waals surface area (Å²) < 4.78 is 45.1. The van der Waals surface area contributed by atoms with Gasteiger partial charge < -0.3 is 92.3 Å². The molecule has 17 aromatic rings. The molecule has 1 amide bonds. The van der Waals surface area contributed by atoms with Crippen LogP contribution < -0.4 is 69.4 Å². The summed E-state index contributed by atoms with van der Waals surface area (Å²) in [5.74, 6) is 10.4. The van der Waals surface area contributed by atoms with Gasteiger partial charge in [0.15, 0.2) is 34.9 Å². The van der Waals surface area contributed by atoms with Gasteiger partial charge in [-0.3, -0.25) is 28.8 Å². The first-order chi connectivity index (χ1) is 66.9. The lowest BCUT2D eigenvalue weighted by molar-refractivity contribution is -0.119. The number of nitrogens with two attached hydrogens (primary N) is 6. The van der Waals surface area contributed by atoms with Crippen LogP contribution in [0.4, 0.5) is 34.9 Å². The van der Waals surface area contributed by atoms with Crippen molar-refractivity contribution < 1.29 is 48.2 Å². The number of nitrogens with zero attached hydrogens (tertiary/aromatic N) is 18. The Balaban J connectivity index is 0.000000142. The minimum absolute atomic E-state index is 0.0433. The number of ether oxygens (including phenoxy) is 6. The first-order valence-electron chi connectivity index (χ1n) is 48.0. The zero-order valence-electron chi connectivity index (χ0n) is 82.6. The predicted molar refractivity (Wildman–Crippen MR) is 554 cm³/mol. The zero-order valence-corrected chi connectivity index (χ0v) is 82.6. The van der Waals surface area contributed by atoms with Crippen molar-refractivity contribution in [2.75, 3.05) is 87.3 Å². The van der Waals surface area contributed by atoms with Crippen LogP contribution in [0.1, 0.15) is 172 Å². The second-order valence-electron chi connectivity index (χ2n) is 36.2. The van der Waals surface area contributed by atoms with Crippen molar-refractivity contribution >= 4 is 167 Å². The van der Waals surface area contributed by atoms with Gasteiger partial charge in [0.2, 0.25) is 5.91 Å². The zero-order chi connectivity index (χ0) is 99.3. The summed E-state index contributed by atoms with van der Waals surface area (Å²) in [6.45, 7) is 34.9. The maximum Gasteiger partial charge on any atom is 0.216 e. The number of nitrogens with one attached hydrogen (secondary N) is 1. The summed E-state index contributed by atoms with van der Waals surface area (Å²) in [6.07, 6.45) is 16.6. The van der Waals surface area contributed by atoms with Gasteiger partial charge in [0.05, 0.1) is 103 Å². The molecule has 0 saturated carbocycles. The molecule has 0 bridgehead atoms. The molecule has 11 aromatic heterocycles. The van der Waals surface area contributed by atoms with Gasteiger partial charge in [0.25, 0.3) is 0 Å². The number of hydrogen-bond acceptors (Lipinski definition) is 29. The van der Waals surface area contributed by atoms with E-state index >= 15 is 0 Å². The van der Waals surface area contributed by atoms with Crippen LogP contribution in [0.5, 0.6) is 34.5 Å². The van der Waals surface area contributed by atoms with E-state index in [-0.39, 0.29) is 23.2 Å². The molecular weight excluding hydrogens is 1760 g/mol. The Morgan fingerprint density at radius 1 is 0.396 bits per heavy atom. The van der Waals surface area contributed by atoms with E-state index in [0.29, 0.717) is 187 Å². The minimum atomic E-state index is -0.0433. The molecule has 0 aliphatic carbocycles. The fourth-order valence-corrected chi connectivity index (χ4v) is 16.2. The van der Waals surface area contributed by atoms with Gasteiger partial charge in [-0.15, -0.1) is 0 Å². The first kappa shape index (κ1) is 102. The average Bonchev–Trinajstić information content (AvgIpc) is 1.59. The topological polar surface area (TPSA) is 489 Å². The molecular formula is C104H133N25O10. The highest BCUT2D eigenvalue weighted by Gasteiger charge is 2.24. The number of nitrogen functional groups attached to an aromatic ring is 6. The lowest BCUT2D eigenvalue weighted by atomic mass is 10.1. The van der Waals surface area contributed by atoms with E-state index in [2.05, 4.69) is 145 Å². The number of carbonyl (C=O) groups excluding carboxylic acids is 2. The fraction of sp³-hybridized carbons (Fsp3) is 0.413. The molecule has 35 nitrogen and oxygen atoms in total. The molecule has 15 N–H and O–H groups in total. The van der Waals surface area contributed by atoms with Crippen LogP contribution in [0.3, 0.4) is 0 Å².